The van der Waals surface area contributed by atoms with Gasteiger partial charge in [-0.25, -0.2) is 0 Å². The van der Waals surface area contributed by atoms with Crippen LogP contribution in [-0.4, -0.2) is 10.2 Å². The van der Waals surface area contributed by atoms with Crippen LogP contribution in [0.5, 0.6) is 0 Å². The molecule has 0 atom stereocenters. The first kappa shape index (κ1) is 27.0. The maximum Gasteiger partial charge on any atom is 0.0956 e. The molecule has 0 unspecified atom stereocenters. The molecule has 188 valence electrons. The first-order valence-corrected chi connectivity index (χ1v) is 13.9. The van der Waals surface area contributed by atoms with Gasteiger partial charge >= 0.3 is 0 Å². The molecule has 2 aromatic rings. The predicted octanol–water partition coefficient (Wildman–Crippen LogP) is 10.2. The van der Waals surface area contributed by atoms with E-state index in [2.05, 4.69) is 82.4 Å². The fourth-order valence-electron chi connectivity index (χ4n) is 5.80. The third kappa shape index (κ3) is 6.97. The molecule has 1 N–H and O–H groups in total. The van der Waals surface area contributed by atoms with Crippen LogP contribution in [0.2, 0.25) is 0 Å². The van der Waals surface area contributed by atoms with Crippen LogP contribution in [0.15, 0.2) is 72.4 Å². The predicted molar refractivity (Wildman–Crippen MR) is 155 cm³/mol. The second-order valence-electron chi connectivity index (χ2n) is 10.4. The lowest BCUT2D eigenvalue weighted by Crippen LogP contribution is -2.04. The number of rotatable bonds is 12. The van der Waals surface area contributed by atoms with Crippen LogP contribution in [0.25, 0.3) is 16.5 Å². The van der Waals surface area contributed by atoms with E-state index in [1.165, 1.54) is 91.0 Å². The van der Waals surface area contributed by atoms with E-state index in [-0.39, 0.29) is 0 Å². The van der Waals surface area contributed by atoms with Gasteiger partial charge in [-0.2, -0.15) is 5.10 Å². The SMILES string of the molecule is C=C\C=C(C(=C)CC(CCC)CCC)/C(=C\C)/C=C(\C)c1n[nH]c2ccc(C3CCCCC3)cc12. The number of hydrogen-bond donors (Lipinski definition) is 1. The molecule has 1 heterocycles. The topological polar surface area (TPSA) is 28.7 Å². The van der Waals surface area contributed by atoms with Gasteiger partial charge in [0.2, 0.25) is 0 Å². The van der Waals surface area contributed by atoms with Gasteiger partial charge < -0.3 is 0 Å². The second-order valence-corrected chi connectivity index (χ2v) is 10.4. The summed E-state index contributed by atoms with van der Waals surface area (Å²) < 4.78 is 0. The zero-order valence-corrected chi connectivity index (χ0v) is 22.6. The van der Waals surface area contributed by atoms with Crippen molar-refractivity contribution in [3.63, 3.8) is 0 Å². The number of fused-ring (bicyclic) bond motifs is 1. The molecule has 35 heavy (non-hydrogen) atoms. The highest BCUT2D eigenvalue weighted by Crippen LogP contribution is 2.36. The van der Waals surface area contributed by atoms with Crippen LogP contribution < -0.4 is 0 Å². The summed E-state index contributed by atoms with van der Waals surface area (Å²) in [5.74, 6) is 1.39. The maximum atomic E-state index is 4.73. The minimum atomic E-state index is 0.691. The van der Waals surface area contributed by atoms with Crippen molar-refractivity contribution in [1.82, 2.24) is 10.2 Å². The molecule has 1 fully saturated rings. The lowest BCUT2D eigenvalue weighted by atomic mass is 9.83. The van der Waals surface area contributed by atoms with Crippen LogP contribution in [0.1, 0.15) is 109 Å². The number of nitrogens with zero attached hydrogens (tertiary/aromatic N) is 1. The van der Waals surface area contributed by atoms with E-state index in [0.29, 0.717) is 11.8 Å². The van der Waals surface area contributed by atoms with E-state index in [4.69, 9.17) is 5.10 Å². The average Bonchev–Trinajstić information content (AvgIpc) is 3.30. The Morgan fingerprint density at radius 3 is 2.49 bits per heavy atom. The number of hydrogen-bond acceptors (Lipinski definition) is 1. The fourth-order valence-corrected chi connectivity index (χ4v) is 5.80. The number of H-pyrrole nitrogens is 1. The van der Waals surface area contributed by atoms with E-state index in [9.17, 15) is 0 Å². The molecule has 0 bridgehead atoms. The molecule has 1 aromatic heterocycles. The van der Waals surface area contributed by atoms with Gasteiger partial charge in [0.15, 0.2) is 0 Å². The number of benzene rings is 1. The first-order chi connectivity index (χ1) is 17.0. The zero-order chi connectivity index (χ0) is 25.2. The summed E-state index contributed by atoms with van der Waals surface area (Å²) in [6.45, 7) is 17.4. The van der Waals surface area contributed by atoms with Crippen molar-refractivity contribution >= 4 is 16.5 Å². The van der Waals surface area contributed by atoms with Gasteiger partial charge in [-0.05, 0) is 91.0 Å². The van der Waals surface area contributed by atoms with Crippen molar-refractivity contribution in [1.29, 1.82) is 0 Å². The highest BCUT2D eigenvalue weighted by atomic mass is 15.1. The van der Waals surface area contributed by atoms with Crippen molar-refractivity contribution in [2.75, 3.05) is 0 Å². The van der Waals surface area contributed by atoms with Crippen LogP contribution in [0, 0.1) is 5.92 Å². The van der Waals surface area contributed by atoms with Crippen molar-refractivity contribution < 1.29 is 0 Å². The standard InChI is InChI=1S/C33H46N2/c1-7-14-26(15-8-2)21-24(5)30(16-9-3)27(10-4)22-25(6)33-31-23-29(19-20-32(31)34-35-33)28-17-12-11-13-18-28/h9-10,16,19-20,22-23,26,28H,3,5,7-8,11-15,17-18,21H2,1-2,4,6H3,(H,34,35)/b25-22+,27-10-,30-16-. The van der Waals surface area contributed by atoms with E-state index in [1.807, 2.05) is 6.08 Å². The Hall–Kier alpha value is -2.61. The lowest BCUT2D eigenvalue weighted by molar-refractivity contribution is 0.439. The summed E-state index contributed by atoms with van der Waals surface area (Å²) in [6, 6.07) is 6.90. The normalized spacial score (nSPS) is 16.3. The third-order valence-corrected chi connectivity index (χ3v) is 7.63. The molecule has 1 saturated carbocycles. The number of nitrogens with one attached hydrogen (secondary N) is 1. The Balaban J connectivity index is 1.89. The Labute approximate surface area is 214 Å². The van der Waals surface area contributed by atoms with Crippen LogP contribution in [0.3, 0.4) is 0 Å². The summed E-state index contributed by atoms with van der Waals surface area (Å²) in [5, 5.41) is 9.23. The van der Waals surface area contributed by atoms with Gasteiger partial charge in [0, 0.05) is 5.39 Å². The monoisotopic (exact) mass is 470 g/mol. The Morgan fingerprint density at radius 2 is 1.86 bits per heavy atom. The molecule has 0 saturated heterocycles. The van der Waals surface area contributed by atoms with E-state index >= 15 is 0 Å². The molecule has 1 aromatic carbocycles. The quantitative estimate of drug-likeness (QED) is 0.307. The van der Waals surface area contributed by atoms with Crippen LogP contribution >= 0.6 is 0 Å². The highest BCUT2D eigenvalue weighted by molar-refractivity contribution is 5.91. The third-order valence-electron chi connectivity index (χ3n) is 7.63. The average molecular weight is 471 g/mol. The molecule has 3 rings (SSSR count). The van der Waals surface area contributed by atoms with Gasteiger partial charge in [-0.1, -0.05) is 96.2 Å². The molecule has 2 nitrogen and oxygen atoms in total. The summed E-state index contributed by atoms with van der Waals surface area (Å²) in [7, 11) is 0. The first-order valence-electron chi connectivity index (χ1n) is 13.9. The van der Waals surface area contributed by atoms with Gasteiger partial charge in [0.1, 0.15) is 0 Å². The van der Waals surface area contributed by atoms with Crippen molar-refractivity contribution in [3.05, 3.63) is 83.6 Å². The minimum Gasteiger partial charge on any atom is -0.277 e. The smallest absolute Gasteiger partial charge is 0.0956 e. The molecule has 0 aliphatic heterocycles. The van der Waals surface area contributed by atoms with Gasteiger partial charge in [-0.15, -0.1) is 0 Å². The molecule has 1 aliphatic carbocycles. The van der Waals surface area contributed by atoms with Crippen molar-refractivity contribution in [3.8, 4) is 0 Å². The molecule has 1 aliphatic rings. The molecular weight excluding hydrogens is 424 g/mol. The van der Waals surface area contributed by atoms with E-state index < -0.39 is 0 Å². The maximum absolute atomic E-state index is 4.73. The molecular formula is C33H46N2. The molecule has 0 amide bonds. The number of allylic oxidation sites excluding steroid dienone is 8. The summed E-state index contributed by atoms with van der Waals surface area (Å²) in [4.78, 5) is 0. The fraction of sp³-hybridized carbons (Fsp3) is 0.485. The highest BCUT2D eigenvalue weighted by Gasteiger charge is 2.18. The summed E-state index contributed by atoms with van der Waals surface area (Å²) in [5.41, 5.74) is 8.41. The molecule has 0 spiro atoms. The lowest BCUT2D eigenvalue weighted by Gasteiger charge is -2.22. The van der Waals surface area contributed by atoms with E-state index in [1.54, 1.807) is 0 Å². The molecule has 2 heteroatoms. The van der Waals surface area contributed by atoms with Crippen LogP contribution in [0.4, 0.5) is 0 Å². The second kappa shape index (κ2) is 13.5. The summed E-state index contributed by atoms with van der Waals surface area (Å²) in [6.07, 6.45) is 21.2. The van der Waals surface area contributed by atoms with E-state index in [0.717, 1.165) is 17.6 Å². The number of aromatic amines is 1. The number of aromatic nitrogens is 2. The largest absolute Gasteiger partial charge is 0.277 e. The van der Waals surface area contributed by atoms with Crippen molar-refractivity contribution in [2.24, 2.45) is 5.92 Å². The van der Waals surface area contributed by atoms with Crippen LogP contribution in [-0.2, 0) is 0 Å². The van der Waals surface area contributed by atoms with Gasteiger partial charge in [0.05, 0.1) is 11.2 Å². The van der Waals surface area contributed by atoms with Crippen molar-refractivity contribution in [2.45, 2.75) is 97.8 Å². The zero-order valence-electron chi connectivity index (χ0n) is 22.6. The Kier molecular flexibility index (Phi) is 10.4. The Morgan fingerprint density at radius 1 is 1.14 bits per heavy atom. The summed E-state index contributed by atoms with van der Waals surface area (Å²) >= 11 is 0. The van der Waals surface area contributed by atoms with Gasteiger partial charge in [0.25, 0.3) is 0 Å². The molecule has 0 radical (unpaired) electrons. The van der Waals surface area contributed by atoms with Gasteiger partial charge in [-0.3, -0.25) is 5.10 Å². The Bertz CT molecular complexity index is 1080. The minimum absolute atomic E-state index is 0.691.